The van der Waals surface area contributed by atoms with Gasteiger partial charge in [-0.3, -0.25) is 9.59 Å². The quantitative estimate of drug-likeness (QED) is 0.818. The summed E-state index contributed by atoms with van der Waals surface area (Å²) >= 11 is 0. The lowest BCUT2D eigenvalue weighted by molar-refractivity contribution is -0.137. The molecule has 114 valence electrons. The average molecular weight is 311 g/mol. The summed E-state index contributed by atoms with van der Waals surface area (Å²) in [5.74, 6) is -1.21. The van der Waals surface area contributed by atoms with Gasteiger partial charge in [-0.2, -0.15) is 0 Å². The Bertz CT molecular complexity index is 664. The highest BCUT2D eigenvalue weighted by Crippen LogP contribution is 2.34. The second kappa shape index (κ2) is 5.85. The topological polar surface area (TPSA) is 101 Å². The first-order valence-corrected chi connectivity index (χ1v) is 8.49. The highest BCUT2D eigenvalue weighted by Gasteiger charge is 2.33. The number of carboxylic acids is 1. The number of nitrogens with one attached hydrogen (secondary N) is 1. The van der Waals surface area contributed by atoms with Gasteiger partial charge in [-0.1, -0.05) is 6.07 Å². The Labute approximate surface area is 123 Å². The number of sulfone groups is 1. The third-order valence-corrected chi connectivity index (χ3v) is 4.54. The van der Waals surface area contributed by atoms with E-state index in [1.165, 1.54) is 24.3 Å². The fraction of sp³-hybridized carbons (Fsp3) is 0.429. The van der Waals surface area contributed by atoms with Crippen LogP contribution in [-0.2, 0) is 14.6 Å². The van der Waals surface area contributed by atoms with Gasteiger partial charge in [0.1, 0.15) is 0 Å². The molecule has 0 aromatic heterocycles. The number of carboxylic acid groups (broad SMARTS) is 1. The Morgan fingerprint density at radius 3 is 2.57 bits per heavy atom. The molecule has 1 aromatic carbocycles. The van der Waals surface area contributed by atoms with Crippen molar-refractivity contribution in [2.24, 2.45) is 5.92 Å². The van der Waals surface area contributed by atoms with Crippen molar-refractivity contribution in [3.8, 4) is 0 Å². The fourth-order valence-electron chi connectivity index (χ4n) is 2.14. The van der Waals surface area contributed by atoms with Crippen molar-refractivity contribution >= 4 is 21.7 Å². The summed E-state index contributed by atoms with van der Waals surface area (Å²) in [5, 5.41) is 11.6. The first-order chi connectivity index (χ1) is 9.77. The number of aliphatic carboxylic acids is 1. The highest BCUT2D eigenvalue weighted by molar-refractivity contribution is 7.90. The molecule has 7 heteroatoms. The van der Waals surface area contributed by atoms with E-state index in [0.29, 0.717) is 0 Å². The predicted octanol–water partition coefficient (Wildman–Crippen LogP) is 1.07. The third-order valence-electron chi connectivity index (χ3n) is 3.43. The number of rotatable bonds is 6. The molecule has 1 aromatic rings. The van der Waals surface area contributed by atoms with Gasteiger partial charge >= 0.3 is 5.97 Å². The predicted molar refractivity (Wildman–Crippen MR) is 75.8 cm³/mol. The maximum Gasteiger partial charge on any atom is 0.305 e. The van der Waals surface area contributed by atoms with Crippen LogP contribution in [0.4, 0.5) is 0 Å². The van der Waals surface area contributed by atoms with Gasteiger partial charge in [0.25, 0.3) is 5.91 Å². The van der Waals surface area contributed by atoms with Crippen LogP contribution in [0.25, 0.3) is 0 Å². The van der Waals surface area contributed by atoms with Gasteiger partial charge in [0.2, 0.25) is 0 Å². The molecule has 1 amide bonds. The Morgan fingerprint density at radius 1 is 1.38 bits per heavy atom. The molecule has 1 fully saturated rings. The molecule has 0 radical (unpaired) electrons. The average Bonchev–Trinajstić information content (AvgIpc) is 3.20. The van der Waals surface area contributed by atoms with Gasteiger partial charge in [-0.05, 0) is 37.0 Å². The number of carbonyl (C=O) groups excluding carboxylic acids is 1. The summed E-state index contributed by atoms with van der Waals surface area (Å²) in [6, 6.07) is 5.32. The van der Waals surface area contributed by atoms with Crippen molar-refractivity contribution in [1.82, 2.24) is 5.32 Å². The zero-order chi connectivity index (χ0) is 15.6. The van der Waals surface area contributed by atoms with E-state index in [0.717, 1.165) is 19.1 Å². The Balaban J connectivity index is 2.14. The minimum atomic E-state index is -3.38. The largest absolute Gasteiger partial charge is 0.481 e. The number of amides is 1. The molecule has 1 aliphatic carbocycles. The second-order valence-corrected chi connectivity index (χ2v) is 7.33. The maximum absolute atomic E-state index is 12.1. The lowest BCUT2D eigenvalue weighted by atomic mass is 10.1. The molecule has 0 saturated heterocycles. The van der Waals surface area contributed by atoms with Crippen LogP contribution in [0.3, 0.4) is 0 Å². The molecule has 2 rings (SSSR count). The van der Waals surface area contributed by atoms with Crippen LogP contribution in [0.2, 0.25) is 0 Å². The third kappa shape index (κ3) is 4.29. The molecule has 21 heavy (non-hydrogen) atoms. The molecule has 1 unspecified atom stereocenters. The van der Waals surface area contributed by atoms with E-state index in [2.05, 4.69) is 5.32 Å². The lowest BCUT2D eigenvalue weighted by Gasteiger charge is -2.16. The molecular formula is C14H17NO5S. The normalized spacial score (nSPS) is 16.2. The molecule has 1 aliphatic rings. The summed E-state index contributed by atoms with van der Waals surface area (Å²) in [6.45, 7) is 0. The summed E-state index contributed by atoms with van der Waals surface area (Å²) in [7, 11) is -3.38. The SMILES string of the molecule is CS(=O)(=O)c1cccc(C(=O)NC(CC(=O)O)C2CC2)c1. The molecule has 0 aliphatic heterocycles. The van der Waals surface area contributed by atoms with E-state index < -0.39 is 27.8 Å². The van der Waals surface area contributed by atoms with Gasteiger partial charge in [0.05, 0.1) is 11.3 Å². The van der Waals surface area contributed by atoms with Crippen molar-refractivity contribution in [2.45, 2.75) is 30.2 Å². The Morgan fingerprint density at radius 2 is 2.05 bits per heavy atom. The van der Waals surface area contributed by atoms with E-state index in [9.17, 15) is 18.0 Å². The van der Waals surface area contributed by atoms with Crippen LogP contribution in [0.5, 0.6) is 0 Å². The van der Waals surface area contributed by atoms with Gasteiger partial charge in [0, 0.05) is 17.9 Å². The van der Waals surface area contributed by atoms with Crippen molar-refractivity contribution in [1.29, 1.82) is 0 Å². The molecule has 1 saturated carbocycles. The van der Waals surface area contributed by atoms with Gasteiger partial charge < -0.3 is 10.4 Å². The van der Waals surface area contributed by atoms with Crippen molar-refractivity contribution in [3.05, 3.63) is 29.8 Å². The van der Waals surface area contributed by atoms with Gasteiger partial charge in [0.15, 0.2) is 9.84 Å². The highest BCUT2D eigenvalue weighted by atomic mass is 32.2. The van der Waals surface area contributed by atoms with Gasteiger partial charge in [-0.25, -0.2) is 8.42 Å². The molecule has 0 spiro atoms. The van der Waals surface area contributed by atoms with Crippen LogP contribution >= 0.6 is 0 Å². The zero-order valence-electron chi connectivity index (χ0n) is 11.6. The summed E-state index contributed by atoms with van der Waals surface area (Å²) < 4.78 is 23.0. The second-order valence-electron chi connectivity index (χ2n) is 5.32. The first kappa shape index (κ1) is 15.5. The maximum atomic E-state index is 12.1. The molecular weight excluding hydrogens is 294 g/mol. The molecule has 1 atom stereocenters. The van der Waals surface area contributed by atoms with Crippen LogP contribution in [0.15, 0.2) is 29.2 Å². The number of hydrogen-bond donors (Lipinski definition) is 2. The molecule has 2 N–H and O–H groups in total. The summed E-state index contributed by atoms with van der Waals surface area (Å²) in [5.41, 5.74) is 0.217. The van der Waals surface area contributed by atoms with Crippen molar-refractivity contribution in [3.63, 3.8) is 0 Å². The Kier molecular flexibility index (Phi) is 4.32. The molecule has 6 nitrogen and oxygen atoms in total. The summed E-state index contributed by atoms with van der Waals surface area (Å²) in [4.78, 5) is 23.0. The number of carbonyl (C=O) groups is 2. The molecule has 0 bridgehead atoms. The minimum absolute atomic E-state index is 0.0661. The van der Waals surface area contributed by atoms with E-state index in [1.807, 2.05) is 0 Å². The lowest BCUT2D eigenvalue weighted by Crippen LogP contribution is -2.38. The van der Waals surface area contributed by atoms with Gasteiger partial charge in [-0.15, -0.1) is 0 Å². The fourth-order valence-corrected chi connectivity index (χ4v) is 2.81. The molecule has 0 heterocycles. The first-order valence-electron chi connectivity index (χ1n) is 6.60. The minimum Gasteiger partial charge on any atom is -0.481 e. The van der Waals surface area contributed by atoms with Crippen LogP contribution in [-0.4, -0.2) is 37.7 Å². The van der Waals surface area contributed by atoms with Crippen LogP contribution in [0.1, 0.15) is 29.6 Å². The smallest absolute Gasteiger partial charge is 0.305 e. The summed E-state index contributed by atoms with van der Waals surface area (Å²) in [6.07, 6.45) is 2.76. The van der Waals surface area contributed by atoms with Crippen LogP contribution in [0, 0.1) is 5.92 Å². The van der Waals surface area contributed by atoms with Crippen LogP contribution < -0.4 is 5.32 Å². The zero-order valence-corrected chi connectivity index (χ0v) is 12.4. The standard InChI is InChI=1S/C14H17NO5S/c1-21(19,20)11-4-2-3-10(7-11)14(18)15-12(8-13(16)17)9-5-6-9/h2-4,7,9,12H,5-6,8H2,1H3,(H,15,18)(H,16,17). The van der Waals surface area contributed by atoms with E-state index in [4.69, 9.17) is 5.11 Å². The monoisotopic (exact) mass is 311 g/mol. The van der Waals surface area contributed by atoms with E-state index >= 15 is 0 Å². The van der Waals surface area contributed by atoms with Crippen molar-refractivity contribution < 1.29 is 23.1 Å². The number of hydrogen-bond acceptors (Lipinski definition) is 4. The van der Waals surface area contributed by atoms with E-state index in [1.54, 1.807) is 0 Å². The number of benzene rings is 1. The van der Waals surface area contributed by atoms with E-state index in [-0.39, 0.29) is 22.8 Å². The Hall–Kier alpha value is -1.89. The van der Waals surface area contributed by atoms with Crippen molar-refractivity contribution in [2.75, 3.05) is 6.26 Å².